The Balaban J connectivity index is 2.63. The molecule has 1 aromatic heterocycles. The molecule has 0 aliphatic heterocycles. The first-order valence-corrected chi connectivity index (χ1v) is 6.90. The number of aromatic nitrogens is 1. The minimum Gasteiger partial charge on any atom is -0.380 e. The first-order valence-electron chi connectivity index (χ1n) is 3.95. The van der Waals surface area contributed by atoms with Crippen LogP contribution in [-0.2, 0) is 0 Å². The Hall–Kier alpha value is 0.170. The van der Waals surface area contributed by atoms with E-state index in [1.165, 1.54) is 0 Å². The molecule has 0 atom stereocenters. The quantitative estimate of drug-likeness (QED) is 0.617. The topological polar surface area (TPSA) is 52.0 Å². The SMILES string of the molecule is Nc1noc(-c2cc(I)ccc2Br)c1I. The largest absolute Gasteiger partial charge is 0.380 e. The maximum absolute atomic E-state index is 5.64. The highest BCUT2D eigenvalue weighted by Gasteiger charge is 2.15. The number of hydrogen-bond acceptors (Lipinski definition) is 3. The van der Waals surface area contributed by atoms with Gasteiger partial charge in [0.05, 0.1) is 0 Å². The molecule has 1 heterocycles. The number of halogens is 3. The van der Waals surface area contributed by atoms with E-state index in [1.54, 1.807) is 0 Å². The third-order valence-electron chi connectivity index (χ3n) is 1.83. The zero-order chi connectivity index (χ0) is 11.0. The van der Waals surface area contributed by atoms with Gasteiger partial charge in [0.1, 0.15) is 3.57 Å². The lowest BCUT2D eigenvalue weighted by Gasteiger charge is -2.01. The Bertz CT molecular complexity index is 513. The summed E-state index contributed by atoms with van der Waals surface area (Å²) >= 11 is 7.85. The van der Waals surface area contributed by atoms with Gasteiger partial charge in [-0.2, -0.15) is 0 Å². The van der Waals surface area contributed by atoms with Crippen LogP contribution in [0.2, 0.25) is 0 Å². The van der Waals surface area contributed by atoms with E-state index in [2.05, 4.69) is 66.3 Å². The van der Waals surface area contributed by atoms with Crippen molar-refractivity contribution in [1.82, 2.24) is 5.16 Å². The van der Waals surface area contributed by atoms with E-state index < -0.39 is 0 Å². The number of nitrogens with zero attached hydrogens (tertiary/aromatic N) is 1. The van der Waals surface area contributed by atoms with Crippen molar-refractivity contribution >= 4 is 66.9 Å². The Morgan fingerprint density at radius 2 is 2.07 bits per heavy atom. The Morgan fingerprint density at radius 3 is 2.67 bits per heavy atom. The lowest BCUT2D eigenvalue weighted by Crippen LogP contribution is -1.87. The van der Waals surface area contributed by atoms with Crippen molar-refractivity contribution in [3.63, 3.8) is 0 Å². The molecule has 2 rings (SSSR count). The Morgan fingerprint density at radius 1 is 1.33 bits per heavy atom. The first-order chi connectivity index (χ1) is 7.09. The van der Waals surface area contributed by atoms with Gasteiger partial charge in [0.2, 0.25) is 0 Å². The molecule has 0 saturated carbocycles. The molecule has 0 aliphatic carbocycles. The van der Waals surface area contributed by atoms with Crippen molar-refractivity contribution in [1.29, 1.82) is 0 Å². The van der Waals surface area contributed by atoms with E-state index in [9.17, 15) is 0 Å². The summed E-state index contributed by atoms with van der Waals surface area (Å²) in [7, 11) is 0. The van der Waals surface area contributed by atoms with Gasteiger partial charge >= 0.3 is 0 Å². The van der Waals surface area contributed by atoms with Gasteiger partial charge in [0.25, 0.3) is 0 Å². The van der Waals surface area contributed by atoms with Gasteiger partial charge < -0.3 is 10.3 Å². The smallest absolute Gasteiger partial charge is 0.183 e. The molecule has 0 unspecified atom stereocenters. The second-order valence-electron chi connectivity index (χ2n) is 2.84. The molecule has 6 heteroatoms. The van der Waals surface area contributed by atoms with Gasteiger partial charge in [0.15, 0.2) is 11.6 Å². The van der Waals surface area contributed by atoms with E-state index in [0.29, 0.717) is 11.6 Å². The third-order valence-corrected chi connectivity index (χ3v) is 4.24. The molecule has 2 N–H and O–H groups in total. The zero-order valence-electron chi connectivity index (χ0n) is 7.30. The van der Waals surface area contributed by atoms with E-state index in [4.69, 9.17) is 10.3 Å². The zero-order valence-corrected chi connectivity index (χ0v) is 13.2. The minimum absolute atomic E-state index is 0.427. The van der Waals surface area contributed by atoms with Crippen molar-refractivity contribution in [3.05, 3.63) is 29.8 Å². The Kier molecular flexibility index (Phi) is 3.56. The average Bonchev–Trinajstić information content (AvgIpc) is 2.52. The predicted octanol–water partition coefficient (Wildman–Crippen LogP) is 3.90. The molecule has 0 radical (unpaired) electrons. The molecule has 0 bridgehead atoms. The van der Waals surface area contributed by atoms with E-state index in [0.717, 1.165) is 17.2 Å². The predicted molar refractivity (Wildman–Crippen MR) is 79.5 cm³/mol. The van der Waals surface area contributed by atoms with Gasteiger partial charge in [0, 0.05) is 13.6 Å². The van der Waals surface area contributed by atoms with Crippen molar-refractivity contribution in [2.75, 3.05) is 5.73 Å². The standard InChI is InChI=1S/C9H5BrI2N2O/c10-6-2-1-4(11)3-5(6)8-7(12)9(13)14-15-8/h1-3H,(H2,13,14). The fourth-order valence-corrected chi connectivity index (χ4v) is 2.54. The van der Waals surface area contributed by atoms with E-state index in [-0.39, 0.29) is 0 Å². The number of nitrogen functional groups attached to an aromatic ring is 1. The number of anilines is 1. The second kappa shape index (κ2) is 4.58. The highest BCUT2D eigenvalue weighted by molar-refractivity contribution is 14.1. The summed E-state index contributed by atoms with van der Waals surface area (Å²) in [5.74, 6) is 1.13. The molecule has 1 aromatic carbocycles. The molecule has 0 saturated heterocycles. The molecule has 0 fully saturated rings. The van der Waals surface area contributed by atoms with Crippen LogP contribution < -0.4 is 5.73 Å². The van der Waals surface area contributed by atoms with Gasteiger partial charge in [-0.15, -0.1) is 0 Å². The summed E-state index contributed by atoms with van der Waals surface area (Å²) in [5, 5.41) is 3.74. The average molecular weight is 491 g/mol. The van der Waals surface area contributed by atoms with Crippen LogP contribution in [-0.4, -0.2) is 5.16 Å². The van der Waals surface area contributed by atoms with Crippen LogP contribution in [0, 0.1) is 7.14 Å². The molecule has 0 aliphatic rings. The summed E-state index contributed by atoms with van der Waals surface area (Å²) in [6.07, 6.45) is 0. The van der Waals surface area contributed by atoms with Crippen molar-refractivity contribution in [2.45, 2.75) is 0 Å². The molecule has 15 heavy (non-hydrogen) atoms. The van der Waals surface area contributed by atoms with Crippen LogP contribution in [0.25, 0.3) is 11.3 Å². The third kappa shape index (κ3) is 2.31. The van der Waals surface area contributed by atoms with Crippen molar-refractivity contribution in [2.24, 2.45) is 0 Å². The number of benzene rings is 1. The minimum atomic E-state index is 0.427. The summed E-state index contributed by atoms with van der Waals surface area (Å²) in [5.41, 5.74) is 6.60. The normalized spacial score (nSPS) is 10.6. The lowest BCUT2D eigenvalue weighted by molar-refractivity contribution is 0.435. The fourth-order valence-electron chi connectivity index (χ4n) is 1.13. The van der Waals surface area contributed by atoms with Gasteiger partial charge in [-0.05, 0) is 63.4 Å². The van der Waals surface area contributed by atoms with Crippen LogP contribution in [0.3, 0.4) is 0 Å². The first kappa shape index (κ1) is 11.6. The lowest BCUT2D eigenvalue weighted by atomic mass is 10.2. The summed E-state index contributed by atoms with van der Waals surface area (Å²) in [6.45, 7) is 0. The molecule has 3 nitrogen and oxygen atoms in total. The van der Waals surface area contributed by atoms with Crippen LogP contribution in [0.4, 0.5) is 5.82 Å². The monoisotopic (exact) mass is 490 g/mol. The Labute approximate surface area is 122 Å². The van der Waals surface area contributed by atoms with Gasteiger partial charge in [-0.25, -0.2) is 0 Å². The van der Waals surface area contributed by atoms with Crippen LogP contribution in [0.5, 0.6) is 0 Å². The number of hydrogen-bond donors (Lipinski definition) is 1. The summed E-state index contributed by atoms with van der Waals surface area (Å²) in [6, 6.07) is 6.01. The second-order valence-corrected chi connectivity index (χ2v) is 6.01. The molecule has 78 valence electrons. The molecule has 0 spiro atoms. The molecular formula is C9H5BrI2N2O. The van der Waals surface area contributed by atoms with Gasteiger partial charge in [-0.1, -0.05) is 21.1 Å². The molecule has 2 aromatic rings. The highest BCUT2D eigenvalue weighted by atomic mass is 127. The van der Waals surface area contributed by atoms with Gasteiger partial charge in [-0.3, -0.25) is 0 Å². The maximum atomic E-state index is 5.64. The molecule has 0 amide bonds. The van der Waals surface area contributed by atoms with E-state index >= 15 is 0 Å². The maximum Gasteiger partial charge on any atom is 0.183 e. The summed E-state index contributed by atoms with van der Waals surface area (Å²) in [4.78, 5) is 0. The highest BCUT2D eigenvalue weighted by Crippen LogP contribution is 2.34. The summed E-state index contributed by atoms with van der Waals surface area (Å²) < 4.78 is 8.15. The van der Waals surface area contributed by atoms with Crippen LogP contribution in [0.1, 0.15) is 0 Å². The number of nitrogens with two attached hydrogens (primary N) is 1. The molecular weight excluding hydrogens is 486 g/mol. The van der Waals surface area contributed by atoms with Crippen LogP contribution >= 0.6 is 61.1 Å². The van der Waals surface area contributed by atoms with Crippen molar-refractivity contribution in [3.8, 4) is 11.3 Å². The fraction of sp³-hybridized carbons (Fsp3) is 0. The van der Waals surface area contributed by atoms with Crippen molar-refractivity contribution < 1.29 is 4.52 Å². The van der Waals surface area contributed by atoms with Crippen LogP contribution in [0.15, 0.2) is 27.2 Å². The van der Waals surface area contributed by atoms with E-state index in [1.807, 2.05) is 18.2 Å². The number of rotatable bonds is 1.